The first-order valence-electron chi connectivity index (χ1n) is 5.92. The predicted octanol–water partition coefficient (Wildman–Crippen LogP) is 3.16. The van der Waals surface area contributed by atoms with E-state index < -0.39 is 0 Å². The average molecular weight is 256 g/mol. The van der Waals surface area contributed by atoms with E-state index in [2.05, 4.69) is 10.5 Å². The van der Waals surface area contributed by atoms with Crippen LogP contribution in [-0.2, 0) is 0 Å². The summed E-state index contributed by atoms with van der Waals surface area (Å²) in [5, 5.41) is 13.8. The van der Waals surface area contributed by atoms with Crippen molar-refractivity contribution in [1.29, 1.82) is 0 Å². The van der Waals surface area contributed by atoms with Crippen LogP contribution in [0.25, 0.3) is 0 Å². The molecule has 0 aliphatic rings. The minimum atomic E-state index is 0.162. The lowest BCUT2D eigenvalue weighted by Gasteiger charge is -2.03. The number of anilines is 1. The molecule has 0 amide bonds. The van der Waals surface area contributed by atoms with Crippen LogP contribution in [0.15, 0.2) is 47.6 Å². The Balaban J connectivity index is 2.08. The third-order valence-corrected chi connectivity index (χ3v) is 2.68. The van der Waals surface area contributed by atoms with E-state index in [1.807, 2.05) is 31.2 Å². The molecule has 0 spiro atoms. The number of rotatable bonds is 4. The fourth-order valence-electron chi connectivity index (χ4n) is 1.57. The average Bonchev–Trinajstić information content (AvgIpc) is 2.43. The lowest BCUT2D eigenvalue weighted by Crippen LogP contribution is -1.92. The molecular weight excluding hydrogens is 240 g/mol. The van der Waals surface area contributed by atoms with Gasteiger partial charge in [-0.25, -0.2) is 0 Å². The van der Waals surface area contributed by atoms with Gasteiger partial charge in [-0.1, -0.05) is 17.7 Å². The van der Waals surface area contributed by atoms with Crippen LogP contribution in [0, 0.1) is 6.92 Å². The van der Waals surface area contributed by atoms with E-state index in [1.54, 1.807) is 31.5 Å². The quantitative estimate of drug-likeness (QED) is 0.652. The number of methoxy groups -OCH3 is 1. The number of nitrogens with one attached hydrogen (secondary N) is 1. The SMILES string of the molecule is COc1ccc(O)c(/C=N/Nc2ccc(C)cc2)c1. The van der Waals surface area contributed by atoms with Crippen LogP contribution in [-0.4, -0.2) is 18.4 Å². The number of phenols is 1. The van der Waals surface area contributed by atoms with Crippen molar-refractivity contribution >= 4 is 11.9 Å². The molecular formula is C15H16N2O2. The number of nitrogens with zero attached hydrogens (tertiary/aromatic N) is 1. The Hall–Kier alpha value is -2.49. The summed E-state index contributed by atoms with van der Waals surface area (Å²) in [6.07, 6.45) is 1.55. The molecule has 0 bridgehead atoms. The van der Waals surface area contributed by atoms with E-state index in [0.717, 1.165) is 5.69 Å². The van der Waals surface area contributed by atoms with Gasteiger partial charge in [0.1, 0.15) is 11.5 Å². The summed E-state index contributed by atoms with van der Waals surface area (Å²) >= 11 is 0. The molecule has 0 unspecified atom stereocenters. The molecule has 4 heteroatoms. The van der Waals surface area contributed by atoms with Crippen molar-refractivity contribution in [2.45, 2.75) is 6.92 Å². The molecule has 0 radical (unpaired) electrons. The maximum atomic E-state index is 9.69. The van der Waals surface area contributed by atoms with Gasteiger partial charge in [0.15, 0.2) is 0 Å². The summed E-state index contributed by atoms with van der Waals surface area (Å²) in [4.78, 5) is 0. The van der Waals surface area contributed by atoms with Crippen LogP contribution in [0.4, 0.5) is 5.69 Å². The first kappa shape index (κ1) is 13.0. The summed E-state index contributed by atoms with van der Waals surface area (Å²) in [5.41, 5.74) is 5.59. The van der Waals surface area contributed by atoms with Gasteiger partial charge in [-0.05, 0) is 37.3 Å². The molecule has 0 aliphatic heterocycles. The molecule has 4 nitrogen and oxygen atoms in total. The number of benzene rings is 2. The number of aryl methyl sites for hydroxylation is 1. The highest BCUT2D eigenvalue weighted by Gasteiger charge is 2.00. The summed E-state index contributed by atoms with van der Waals surface area (Å²) in [7, 11) is 1.58. The fourth-order valence-corrected chi connectivity index (χ4v) is 1.57. The van der Waals surface area contributed by atoms with E-state index in [-0.39, 0.29) is 5.75 Å². The smallest absolute Gasteiger partial charge is 0.124 e. The Morgan fingerprint density at radius 3 is 2.58 bits per heavy atom. The van der Waals surface area contributed by atoms with Crippen LogP contribution >= 0.6 is 0 Å². The molecule has 2 N–H and O–H groups in total. The lowest BCUT2D eigenvalue weighted by molar-refractivity contribution is 0.412. The Morgan fingerprint density at radius 1 is 1.16 bits per heavy atom. The largest absolute Gasteiger partial charge is 0.507 e. The van der Waals surface area contributed by atoms with Crippen molar-refractivity contribution in [2.75, 3.05) is 12.5 Å². The first-order chi connectivity index (χ1) is 9.19. The van der Waals surface area contributed by atoms with Gasteiger partial charge < -0.3 is 9.84 Å². The van der Waals surface area contributed by atoms with E-state index in [9.17, 15) is 5.11 Å². The highest BCUT2D eigenvalue weighted by molar-refractivity contribution is 5.84. The van der Waals surface area contributed by atoms with Gasteiger partial charge in [-0.2, -0.15) is 5.10 Å². The standard InChI is InChI=1S/C15H16N2O2/c1-11-3-5-13(6-4-11)17-16-10-12-9-14(19-2)7-8-15(12)18/h3-10,17-18H,1-2H3/b16-10+. The summed E-state index contributed by atoms with van der Waals surface area (Å²) in [6, 6.07) is 12.9. The Labute approximate surface area is 112 Å². The molecule has 2 aromatic rings. The van der Waals surface area contributed by atoms with E-state index >= 15 is 0 Å². The molecule has 0 fully saturated rings. The Kier molecular flexibility index (Phi) is 4.03. The predicted molar refractivity (Wildman–Crippen MR) is 77.1 cm³/mol. The van der Waals surface area contributed by atoms with Crippen molar-refractivity contribution in [1.82, 2.24) is 0 Å². The van der Waals surface area contributed by atoms with E-state index in [0.29, 0.717) is 11.3 Å². The molecule has 2 aromatic carbocycles. The van der Waals surface area contributed by atoms with Crippen molar-refractivity contribution in [3.63, 3.8) is 0 Å². The van der Waals surface area contributed by atoms with Crippen LogP contribution < -0.4 is 10.2 Å². The molecule has 0 saturated heterocycles. The second-order valence-corrected chi connectivity index (χ2v) is 4.16. The minimum Gasteiger partial charge on any atom is -0.507 e. The second kappa shape index (κ2) is 5.91. The monoisotopic (exact) mass is 256 g/mol. The summed E-state index contributed by atoms with van der Waals surface area (Å²) in [5.74, 6) is 0.838. The zero-order valence-electron chi connectivity index (χ0n) is 10.9. The van der Waals surface area contributed by atoms with Crippen molar-refractivity contribution in [3.05, 3.63) is 53.6 Å². The summed E-state index contributed by atoms with van der Waals surface area (Å²) < 4.78 is 5.09. The van der Waals surface area contributed by atoms with Gasteiger partial charge in [0.25, 0.3) is 0 Å². The molecule has 0 aliphatic carbocycles. The topological polar surface area (TPSA) is 53.9 Å². The number of ether oxygens (including phenoxy) is 1. The maximum Gasteiger partial charge on any atom is 0.124 e. The second-order valence-electron chi connectivity index (χ2n) is 4.16. The highest BCUT2D eigenvalue weighted by Crippen LogP contribution is 2.21. The Morgan fingerprint density at radius 2 is 1.89 bits per heavy atom. The van der Waals surface area contributed by atoms with Crippen LogP contribution in [0.1, 0.15) is 11.1 Å². The van der Waals surface area contributed by atoms with E-state index in [4.69, 9.17) is 4.74 Å². The molecule has 0 atom stereocenters. The molecule has 0 heterocycles. The molecule has 19 heavy (non-hydrogen) atoms. The van der Waals surface area contributed by atoms with E-state index in [1.165, 1.54) is 5.56 Å². The van der Waals surface area contributed by atoms with Crippen LogP contribution in [0.3, 0.4) is 0 Å². The lowest BCUT2D eigenvalue weighted by atomic mass is 10.2. The number of phenolic OH excluding ortho intramolecular Hbond substituents is 1. The first-order valence-corrected chi connectivity index (χ1v) is 5.92. The van der Waals surface area contributed by atoms with Crippen molar-refractivity contribution < 1.29 is 9.84 Å². The number of hydrazone groups is 1. The van der Waals surface area contributed by atoms with Gasteiger partial charge in [-0.3, -0.25) is 5.43 Å². The minimum absolute atomic E-state index is 0.162. The maximum absolute atomic E-state index is 9.69. The third kappa shape index (κ3) is 3.48. The Bertz CT molecular complexity index is 577. The number of hydrogen-bond acceptors (Lipinski definition) is 4. The van der Waals surface area contributed by atoms with Gasteiger partial charge in [0.05, 0.1) is 19.0 Å². The normalized spacial score (nSPS) is 10.6. The highest BCUT2D eigenvalue weighted by atomic mass is 16.5. The third-order valence-electron chi connectivity index (χ3n) is 2.68. The molecule has 98 valence electrons. The van der Waals surface area contributed by atoms with Gasteiger partial charge in [-0.15, -0.1) is 0 Å². The van der Waals surface area contributed by atoms with Crippen molar-refractivity contribution in [3.8, 4) is 11.5 Å². The van der Waals surface area contributed by atoms with Gasteiger partial charge in [0, 0.05) is 5.56 Å². The van der Waals surface area contributed by atoms with Gasteiger partial charge in [0.2, 0.25) is 0 Å². The summed E-state index contributed by atoms with van der Waals surface area (Å²) in [6.45, 7) is 2.03. The fraction of sp³-hybridized carbons (Fsp3) is 0.133. The molecule has 0 saturated carbocycles. The number of aromatic hydroxyl groups is 1. The van der Waals surface area contributed by atoms with Gasteiger partial charge >= 0.3 is 0 Å². The molecule has 2 rings (SSSR count). The van der Waals surface area contributed by atoms with Crippen LogP contribution in [0.5, 0.6) is 11.5 Å². The van der Waals surface area contributed by atoms with Crippen LogP contribution in [0.2, 0.25) is 0 Å². The zero-order valence-corrected chi connectivity index (χ0v) is 10.9. The van der Waals surface area contributed by atoms with Crippen molar-refractivity contribution in [2.24, 2.45) is 5.10 Å². The zero-order chi connectivity index (χ0) is 13.7. The molecule has 0 aromatic heterocycles. The number of hydrogen-bond donors (Lipinski definition) is 2.